The number of carboxylic acid groups (broad SMARTS) is 1. The Morgan fingerprint density at radius 1 is 1.21 bits per heavy atom. The number of hydrogen-bond donors (Lipinski definition) is 2. The smallest absolute Gasteiger partial charge is 0.407 e. The summed E-state index contributed by atoms with van der Waals surface area (Å²) in [6.07, 6.45) is -0.280. The van der Waals surface area contributed by atoms with Gasteiger partial charge in [-0.25, -0.2) is 4.79 Å². The van der Waals surface area contributed by atoms with Crippen LogP contribution in [0.4, 0.5) is 10.5 Å². The highest BCUT2D eigenvalue weighted by atomic mass is 28.3. The fourth-order valence-electron chi connectivity index (χ4n) is 2.97. The molecule has 0 spiro atoms. The van der Waals surface area contributed by atoms with Crippen molar-refractivity contribution in [3.8, 4) is 0 Å². The second-order valence-corrected chi connectivity index (χ2v) is 15.0. The molecule has 8 nitrogen and oxygen atoms in total. The first-order valence-electron chi connectivity index (χ1n) is 9.63. The van der Waals surface area contributed by atoms with Gasteiger partial charge in [0.1, 0.15) is 5.60 Å². The molecule has 0 aromatic heterocycles. The molecule has 2 atom stereocenters. The summed E-state index contributed by atoms with van der Waals surface area (Å²) in [7, 11) is -1.45. The number of rotatable bonds is 9. The highest BCUT2D eigenvalue weighted by molar-refractivity contribution is 6.76. The number of nitrogens with one attached hydrogen (secondary N) is 1. The second-order valence-electron chi connectivity index (χ2n) is 9.41. The zero-order chi connectivity index (χ0) is 22.4. The Labute approximate surface area is 172 Å². The van der Waals surface area contributed by atoms with E-state index in [4.69, 9.17) is 4.74 Å². The van der Waals surface area contributed by atoms with Crippen LogP contribution in [0, 0.1) is 10.1 Å². The van der Waals surface area contributed by atoms with Crippen LogP contribution >= 0.6 is 0 Å². The third-order valence-corrected chi connectivity index (χ3v) is 6.11. The summed E-state index contributed by atoms with van der Waals surface area (Å²) in [6.45, 7) is 11.8. The number of hydrogen-bond acceptors (Lipinski definition) is 5. The first kappa shape index (κ1) is 24.6. The fourth-order valence-corrected chi connectivity index (χ4v) is 4.15. The molecule has 2 N–H and O–H groups in total. The van der Waals surface area contributed by atoms with Gasteiger partial charge in [0.25, 0.3) is 5.69 Å². The predicted octanol–water partition coefficient (Wildman–Crippen LogP) is 4.77. The van der Waals surface area contributed by atoms with Crippen molar-refractivity contribution in [1.29, 1.82) is 0 Å². The molecule has 0 aliphatic rings. The zero-order valence-electron chi connectivity index (χ0n) is 18.0. The van der Waals surface area contributed by atoms with E-state index in [2.05, 4.69) is 25.0 Å². The van der Waals surface area contributed by atoms with Gasteiger partial charge in [-0.05, 0) is 32.8 Å². The molecule has 0 saturated heterocycles. The van der Waals surface area contributed by atoms with E-state index >= 15 is 0 Å². The Bertz CT molecular complexity index is 722. The summed E-state index contributed by atoms with van der Waals surface area (Å²) in [5.41, 5.74) is 0.0164. The van der Waals surface area contributed by atoms with Crippen molar-refractivity contribution in [2.45, 2.75) is 76.9 Å². The van der Waals surface area contributed by atoms with Crippen molar-refractivity contribution in [2.75, 3.05) is 0 Å². The maximum Gasteiger partial charge on any atom is 0.407 e. The number of nitrogens with zero attached hydrogens (tertiary/aromatic N) is 1. The standard InChI is InChI=1S/C20H32N2O6Si/c1-20(2,3)28-19(25)21-17(13-18(23)24)16(11-12-29(4,5)6)14-7-9-15(10-8-14)22(26)27/h7-10,16-17H,11-13H2,1-6H3,(H,21,25)(H,23,24). The van der Waals surface area contributed by atoms with Gasteiger partial charge in [-0.2, -0.15) is 0 Å². The molecule has 1 amide bonds. The van der Waals surface area contributed by atoms with Crippen LogP contribution in [0.15, 0.2) is 24.3 Å². The molecule has 29 heavy (non-hydrogen) atoms. The van der Waals surface area contributed by atoms with E-state index in [9.17, 15) is 24.8 Å². The van der Waals surface area contributed by atoms with Gasteiger partial charge in [0.15, 0.2) is 0 Å². The summed E-state index contributed by atoms with van der Waals surface area (Å²) in [6, 6.07) is 6.31. The number of carboxylic acids is 1. The molecule has 1 aromatic carbocycles. The van der Waals surface area contributed by atoms with Crippen LogP contribution in [0.1, 0.15) is 45.1 Å². The minimum absolute atomic E-state index is 0.0346. The van der Waals surface area contributed by atoms with Crippen LogP contribution in [-0.4, -0.2) is 41.8 Å². The summed E-state index contributed by atoms with van der Waals surface area (Å²) < 4.78 is 5.31. The van der Waals surface area contributed by atoms with Crippen LogP contribution in [0.2, 0.25) is 25.7 Å². The minimum Gasteiger partial charge on any atom is -0.481 e. The Balaban J connectivity index is 3.21. The molecule has 0 aliphatic carbocycles. The molecule has 0 radical (unpaired) electrons. The number of nitro groups is 1. The summed E-state index contributed by atoms with van der Waals surface area (Å²) in [5.74, 6) is -1.34. The lowest BCUT2D eigenvalue weighted by Crippen LogP contribution is -2.43. The van der Waals surface area contributed by atoms with Gasteiger partial charge in [0.05, 0.1) is 11.3 Å². The number of benzene rings is 1. The zero-order valence-corrected chi connectivity index (χ0v) is 19.0. The maximum absolute atomic E-state index is 12.3. The molecule has 0 bridgehead atoms. The molecule has 2 unspecified atom stereocenters. The van der Waals surface area contributed by atoms with Crippen molar-refractivity contribution in [3.05, 3.63) is 39.9 Å². The lowest BCUT2D eigenvalue weighted by molar-refractivity contribution is -0.384. The van der Waals surface area contributed by atoms with Gasteiger partial charge in [0, 0.05) is 32.2 Å². The average Bonchev–Trinajstić information content (AvgIpc) is 2.51. The highest BCUT2D eigenvalue weighted by Gasteiger charge is 2.30. The van der Waals surface area contributed by atoms with Gasteiger partial charge in [-0.3, -0.25) is 14.9 Å². The van der Waals surface area contributed by atoms with Crippen molar-refractivity contribution < 1.29 is 24.4 Å². The minimum atomic E-state index is -1.45. The number of carbonyl (C=O) groups excluding carboxylic acids is 1. The first-order chi connectivity index (χ1) is 13.2. The van der Waals surface area contributed by atoms with Crippen LogP contribution in [0.3, 0.4) is 0 Å². The Hall–Kier alpha value is -2.42. The molecule has 0 saturated carbocycles. The number of amides is 1. The summed E-state index contributed by atoms with van der Waals surface area (Å²) in [5, 5.41) is 23.1. The number of nitro benzene ring substituents is 1. The lowest BCUT2D eigenvalue weighted by Gasteiger charge is -2.30. The Kier molecular flexibility index (Phi) is 8.37. The van der Waals surface area contributed by atoms with Gasteiger partial charge in [-0.1, -0.05) is 37.8 Å². The van der Waals surface area contributed by atoms with Crippen LogP contribution in [0.5, 0.6) is 0 Å². The quantitative estimate of drug-likeness (QED) is 0.335. The molecule has 0 aliphatic heterocycles. The molecule has 0 heterocycles. The van der Waals surface area contributed by atoms with E-state index in [1.807, 2.05) is 0 Å². The van der Waals surface area contributed by atoms with Crippen molar-refractivity contribution >= 4 is 25.8 Å². The van der Waals surface area contributed by atoms with Gasteiger partial charge in [0.2, 0.25) is 0 Å². The molecule has 1 aromatic rings. The molecule has 1 rings (SSSR count). The number of aliphatic carboxylic acids is 1. The van der Waals surface area contributed by atoms with Crippen LogP contribution < -0.4 is 5.32 Å². The van der Waals surface area contributed by atoms with Crippen molar-refractivity contribution in [1.82, 2.24) is 5.32 Å². The Morgan fingerprint density at radius 2 is 1.76 bits per heavy atom. The number of ether oxygens (including phenoxy) is 1. The van der Waals surface area contributed by atoms with E-state index < -0.39 is 36.7 Å². The monoisotopic (exact) mass is 424 g/mol. The van der Waals surface area contributed by atoms with Crippen molar-refractivity contribution in [3.63, 3.8) is 0 Å². The molecular weight excluding hydrogens is 392 g/mol. The number of alkyl carbamates (subject to hydrolysis) is 1. The molecule has 9 heteroatoms. The average molecular weight is 425 g/mol. The summed E-state index contributed by atoms with van der Waals surface area (Å²) in [4.78, 5) is 34.3. The SMILES string of the molecule is CC(C)(C)OC(=O)NC(CC(=O)O)C(CC[Si](C)(C)C)c1ccc([N+](=O)[O-])cc1. The summed E-state index contributed by atoms with van der Waals surface area (Å²) >= 11 is 0. The van der Waals surface area contributed by atoms with Gasteiger partial charge in [-0.15, -0.1) is 0 Å². The third kappa shape index (κ3) is 9.55. The molecular formula is C20H32N2O6Si. The second kappa shape index (κ2) is 9.86. The number of non-ortho nitro benzene ring substituents is 1. The van der Waals surface area contributed by atoms with Crippen LogP contribution in [0.25, 0.3) is 0 Å². The topological polar surface area (TPSA) is 119 Å². The van der Waals surface area contributed by atoms with E-state index in [0.717, 1.165) is 11.6 Å². The highest BCUT2D eigenvalue weighted by Crippen LogP contribution is 2.31. The van der Waals surface area contributed by atoms with Gasteiger partial charge < -0.3 is 15.2 Å². The van der Waals surface area contributed by atoms with Crippen molar-refractivity contribution in [2.24, 2.45) is 0 Å². The fraction of sp³-hybridized carbons (Fsp3) is 0.600. The number of carbonyl (C=O) groups is 2. The largest absolute Gasteiger partial charge is 0.481 e. The van der Waals surface area contributed by atoms with E-state index in [0.29, 0.717) is 6.42 Å². The lowest BCUT2D eigenvalue weighted by atomic mass is 9.87. The molecule has 162 valence electrons. The predicted molar refractivity (Wildman–Crippen MR) is 114 cm³/mol. The van der Waals surface area contributed by atoms with E-state index in [1.165, 1.54) is 12.1 Å². The normalized spacial score (nSPS) is 14.0. The molecule has 0 fully saturated rings. The first-order valence-corrected chi connectivity index (χ1v) is 13.3. The van der Waals surface area contributed by atoms with E-state index in [1.54, 1.807) is 32.9 Å². The van der Waals surface area contributed by atoms with Crippen LogP contribution in [-0.2, 0) is 9.53 Å². The Morgan fingerprint density at radius 3 is 2.17 bits per heavy atom. The maximum atomic E-state index is 12.3. The van der Waals surface area contributed by atoms with Gasteiger partial charge >= 0.3 is 12.1 Å². The third-order valence-electron chi connectivity index (χ3n) is 4.32. The van der Waals surface area contributed by atoms with E-state index in [-0.39, 0.29) is 18.0 Å².